The molecule has 0 aliphatic carbocycles. The first-order valence-corrected chi connectivity index (χ1v) is 5.73. The number of hydrogen-bond donors (Lipinski definition) is 1. The van der Waals surface area contributed by atoms with Crippen molar-refractivity contribution in [2.45, 2.75) is 44.5 Å². The molecule has 0 spiro atoms. The predicted octanol–water partition coefficient (Wildman–Crippen LogP) is 1.18. The van der Waals surface area contributed by atoms with Gasteiger partial charge in [-0.15, -0.1) is 0 Å². The van der Waals surface area contributed by atoms with Crippen molar-refractivity contribution in [2.75, 3.05) is 20.2 Å². The summed E-state index contributed by atoms with van der Waals surface area (Å²) in [6.45, 7) is 4.12. The lowest BCUT2D eigenvalue weighted by Gasteiger charge is -2.24. The van der Waals surface area contributed by atoms with Gasteiger partial charge in [-0.25, -0.2) is 0 Å². The monoisotopic (exact) mass is 199 g/mol. The largest absolute Gasteiger partial charge is 0.375 e. The second kappa shape index (κ2) is 4.60. The van der Waals surface area contributed by atoms with E-state index in [-0.39, 0.29) is 0 Å². The molecule has 4 unspecified atom stereocenters. The molecule has 0 aromatic carbocycles. The van der Waals surface area contributed by atoms with Crippen LogP contribution in [0.15, 0.2) is 0 Å². The molecular formula is C11H21NO2. The highest BCUT2D eigenvalue weighted by atomic mass is 16.6. The molecule has 2 fully saturated rings. The van der Waals surface area contributed by atoms with E-state index in [4.69, 9.17) is 9.47 Å². The first-order chi connectivity index (χ1) is 6.81. The summed E-state index contributed by atoms with van der Waals surface area (Å²) in [6, 6.07) is 0. The van der Waals surface area contributed by atoms with Gasteiger partial charge in [-0.2, -0.15) is 0 Å². The van der Waals surface area contributed by atoms with Crippen molar-refractivity contribution in [3.05, 3.63) is 0 Å². The van der Waals surface area contributed by atoms with E-state index in [2.05, 4.69) is 12.2 Å². The van der Waals surface area contributed by atoms with Crippen molar-refractivity contribution in [1.82, 2.24) is 5.32 Å². The molecule has 0 aromatic heterocycles. The third-order valence-corrected chi connectivity index (χ3v) is 3.36. The van der Waals surface area contributed by atoms with Crippen molar-refractivity contribution in [2.24, 2.45) is 5.92 Å². The standard InChI is InChI=1S/C11H21NO2/c1-8-3-4-10(14-8)11-9(7-12-2)5-6-13-11/h8-12H,3-7H2,1-2H3. The molecule has 1 N–H and O–H groups in total. The van der Waals surface area contributed by atoms with Crippen LogP contribution in [-0.2, 0) is 9.47 Å². The molecule has 0 radical (unpaired) electrons. The van der Waals surface area contributed by atoms with Gasteiger partial charge >= 0.3 is 0 Å². The minimum Gasteiger partial charge on any atom is -0.375 e. The molecule has 4 atom stereocenters. The van der Waals surface area contributed by atoms with E-state index in [0.717, 1.165) is 13.2 Å². The van der Waals surface area contributed by atoms with Crippen LogP contribution in [0.1, 0.15) is 26.2 Å². The highest BCUT2D eigenvalue weighted by Gasteiger charge is 2.38. The van der Waals surface area contributed by atoms with E-state index in [1.54, 1.807) is 0 Å². The topological polar surface area (TPSA) is 30.5 Å². The van der Waals surface area contributed by atoms with Crippen LogP contribution < -0.4 is 5.32 Å². The van der Waals surface area contributed by atoms with E-state index in [1.807, 2.05) is 7.05 Å². The highest BCUT2D eigenvalue weighted by molar-refractivity contribution is 4.87. The van der Waals surface area contributed by atoms with Gasteiger partial charge in [-0.05, 0) is 33.2 Å². The molecule has 82 valence electrons. The van der Waals surface area contributed by atoms with Crippen LogP contribution in [0.4, 0.5) is 0 Å². The maximum absolute atomic E-state index is 5.87. The van der Waals surface area contributed by atoms with Crippen LogP contribution >= 0.6 is 0 Å². The summed E-state index contributed by atoms with van der Waals surface area (Å²) < 4.78 is 11.7. The third-order valence-electron chi connectivity index (χ3n) is 3.36. The Morgan fingerprint density at radius 2 is 2.14 bits per heavy atom. The Balaban J connectivity index is 1.89. The lowest BCUT2D eigenvalue weighted by Crippen LogP contribution is -2.35. The molecule has 2 aliphatic heterocycles. The first kappa shape index (κ1) is 10.4. The van der Waals surface area contributed by atoms with E-state index < -0.39 is 0 Å². The quantitative estimate of drug-likeness (QED) is 0.740. The fourth-order valence-corrected chi connectivity index (χ4v) is 2.62. The highest BCUT2D eigenvalue weighted by Crippen LogP contribution is 2.31. The van der Waals surface area contributed by atoms with Crippen molar-refractivity contribution in [3.8, 4) is 0 Å². The van der Waals surface area contributed by atoms with Crippen LogP contribution in [0.2, 0.25) is 0 Å². The van der Waals surface area contributed by atoms with Crippen molar-refractivity contribution >= 4 is 0 Å². The Morgan fingerprint density at radius 3 is 2.79 bits per heavy atom. The Labute approximate surface area is 86.2 Å². The smallest absolute Gasteiger partial charge is 0.0877 e. The third kappa shape index (κ3) is 2.10. The Bertz CT molecular complexity index is 186. The maximum Gasteiger partial charge on any atom is 0.0877 e. The van der Waals surface area contributed by atoms with Gasteiger partial charge in [0.2, 0.25) is 0 Å². The molecule has 2 aliphatic rings. The van der Waals surface area contributed by atoms with Gasteiger partial charge in [0.25, 0.3) is 0 Å². The average Bonchev–Trinajstić information content (AvgIpc) is 2.74. The van der Waals surface area contributed by atoms with Gasteiger partial charge < -0.3 is 14.8 Å². The van der Waals surface area contributed by atoms with Gasteiger partial charge in [0, 0.05) is 19.1 Å². The summed E-state index contributed by atoms with van der Waals surface area (Å²) in [7, 11) is 2.01. The molecule has 0 bridgehead atoms. The molecule has 14 heavy (non-hydrogen) atoms. The first-order valence-electron chi connectivity index (χ1n) is 5.73. The zero-order valence-electron chi connectivity index (χ0n) is 9.16. The van der Waals surface area contributed by atoms with Gasteiger partial charge in [0.1, 0.15) is 0 Å². The normalized spacial score (nSPS) is 43.3. The van der Waals surface area contributed by atoms with Crippen LogP contribution in [-0.4, -0.2) is 38.5 Å². The minimum absolute atomic E-state index is 0.340. The van der Waals surface area contributed by atoms with Crippen LogP contribution in [0.25, 0.3) is 0 Å². The SMILES string of the molecule is CNCC1CCOC1C1CCC(C)O1. The summed E-state index contributed by atoms with van der Waals surface area (Å²) in [5.41, 5.74) is 0. The second-order valence-corrected chi connectivity index (χ2v) is 4.50. The summed E-state index contributed by atoms with van der Waals surface area (Å²) in [6.07, 6.45) is 4.67. The lowest BCUT2D eigenvalue weighted by atomic mass is 9.95. The zero-order chi connectivity index (χ0) is 9.97. The van der Waals surface area contributed by atoms with Gasteiger partial charge in [0.15, 0.2) is 0 Å². The summed E-state index contributed by atoms with van der Waals surface area (Å²) in [4.78, 5) is 0. The van der Waals surface area contributed by atoms with Crippen LogP contribution in [0.3, 0.4) is 0 Å². The predicted molar refractivity (Wildman–Crippen MR) is 55.3 cm³/mol. The Kier molecular flexibility index (Phi) is 3.42. The Hall–Kier alpha value is -0.120. The van der Waals surface area contributed by atoms with E-state index in [1.165, 1.54) is 19.3 Å². The summed E-state index contributed by atoms with van der Waals surface area (Å²) in [5, 5.41) is 3.24. The molecule has 3 heteroatoms. The van der Waals surface area contributed by atoms with Crippen LogP contribution in [0, 0.1) is 5.92 Å². The molecule has 2 rings (SSSR count). The molecule has 0 amide bonds. The molecule has 0 aromatic rings. The molecule has 0 saturated carbocycles. The number of nitrogens with one attached hydrogen (secondary N) is 1. The number of rotatable bonds is 3. The van der Waals surface area contributed by atoms with Crippen molar-refractivity contribution in [1.29, 1.82) is 0 Å². The lowest BCUT2D eigenvalue weighted by molar-refractivity contribution is -0.0528. The van der Waals surface area contributed by atoms with E-state index >= 15 is 0 Å². The zero-order valence-corrected chi connectivity index (χ0v) is 9.16. The Morgan fingerprint density at radius 1 is 1.29 bits per heavy atom. The van der Waals surface area contributed by atoms with Gasteiger partial charge in [-0.3, -0.25) is 0 Å². The van der Waals surface area contributed by atoms with Crippen LogP contribution in [0.5, 0.6) is 0 Å². The fraction of sp³-hybridized carbons (Fsp3) is 1.00. The summed E-state index contributed by atoms with van der Waals surface area (Å²) >= 11 is 0. The average molecular weight is 199 g/mol. The maximum atomic E-state index is 5.87. The molecule has 3 nitrogen and oxygen atoms in total. The molecule has 2 saturated heterocycles. The van der Waals surface area contributed by atoms with Gasteiger partial charge in [-0.1, -0.05) is 0 Å². The van der Waals surface area contributed by atoms with Gasteiger partial charge in [0.05, 0.1) is 18.3 Å². The van der Waals surface area contributed by atoms with E-state index in [0.29, 0.717) is 24.2 Å². The number of ether oxygens (including phenoxy) is 2. The van der Waals surface area contributed by atoms with E-state index in [9.17, 15) is 0 Å². The fourth-order valence-electron chi connectivity index (χ4n) is 2.62. The molecule has 2 heterocycles. The van der Waals surface area contributed by atoms with Crippen molar-refractivity contribution in [3.63, 3.8) is 0 Å². The summed E-state index contributed by atoms with van der Waals surface area (Å²) in [5.74, 6) is 0.648. The van der Waals surface area contributed by atoms with Crippen molar-refractivity contribution < 1.29 is 9.47 Å². The number of hydrogen-bond acceptors (Lipinski definition) is 3. The molecular weight excluding hydrogens is 178 g/mol. The minimum atomic E-state index is 0.340. The second-order valence-electron chi connectivity index (χ2n) is 4.50.